The van der Waals surface area contributed by atoms with E-state index in [0.29, 0.717) is 3.57 Å². The summed E-state index contributed by atoms with van der Waals surface area (Å²) in [6.45, 7) is 0. The fourth-order valence-electron chi connectivity index (χ4n) is 1.67. The Hall–Kier alpha value is -2.23. The van der Waals surface area contributed by atoms with Gasteiger partial charge in [-0.25, -0.2) is 9.18 Å². The summed E-state index contributed by atoms with van der Waals surface area (Å²) in [5.41, 5.74) is -0.0898. The van der Waals surface area contributed by atoms with Crippen molar-refractivity contribution in [3.63, 3.8) is 0 Å². The van der Waals surface area contributed by atoms with Crippen LogP contribution in [-0.2, 0) is 0 Å². The summed E-state index contributed by atoms with van der Waals surface area (Å²) in [6, 6.07) is 7.25. The molecule has 0 fully saturated rings. The van der Waals surface area contributed by atoms with E-state index in [-0.39, 0.29) is 22.7 Å². The molecule has 0 amide bonds. The number of methoxy groups -OCH3 is 1. The maximum absolute atomic E-state index is 13.0. The van der Waals surface area contributed by atoms with Crippen molar-refractivity contribution in [3.05, 3.63) is 61.5 Å². The fourth-order valence-corrected chi connectivity index (χ4v) is 2.37. The van der Waals surface area contributed by atoms with Gasteiger partial charge in [0.2, 0.25) is 0 Å². The van der Waals surface area contributed by atoms with Gasteiger partial charge in [-0.15, -0.1) is 0 Å². The van der Waals surface area contributed by atoms with Crippen LogP contribution in [0.25, 0.3) is 0 Å². The Balaban J connectivity index is 2.34. The predicted molar refractivity (Wildman–Crippen MR) is 83.7 cm³/mol. The zero-order valence-corrected chi connectivity index (χ0v) is 13.4. The standard InChI is InChI=1S/C14H9FINO5/c1-21-12-5-3-9(17(19)20)7-13(12)22-14(18)10-4-2-8(15)6-11(10)16/h2-7H,1H3. The zero-order chi connectivity index (χ0) is 16.3. The zero-order valence-electron chi connectivity index (χ0n) is 11.2. The molecule has 114 valence electrons. The molecule has 22 heavy (non-hydrogen) atoms. The van der Waals surface area contributed by atoms with Gasteiger partial charge in [-0.05, 0) is 46.9 Å². The van der Waals surface area contributed by atoms with Crippen molar-refractivity contribution in [2.45, 2.75) is 0 Å². The maximum Gasteiger partial charge on any atom is 0.344 e. The van der Waals surface area contributed by atoms with Gasteiger partial charge in [0.05, 0.1) is 23.7 Å². The van der Waals surface area contributed by atoms with Crippen LogP contribution in [0.2, 0.25) is 0 Å². The molecule has 0 bridgehead atoms. The van der Waals surface area contributed by atoms with Crippen molar-refractivity contribution in [3.8, 4) is 11.5 Å². The van der Waals surface area contributed by atoms with Crippen LogP contribution in [0.1, 0.15) is 10.4 Å². The highest BCUT2D eigenvalue weighted by atomic mass is 127. The highest BCUT2D eigenvalue weighted by Crippen LogP contribution is 2.32. The number of nitro groups is 1. The lowest BCUT2D eigenvalue weighted by Crippen LogP contribution is -2.11. The summed E-state index contributed by atoms with van der Waals surface area (Å²) >= 11 is 1.80. The van der Waals surface area contributed by atoms with Gasteiger partial charge < -0.3 is 9.47 Å². The first-order valence-electron chi connectivity index (χ1n) is 5.92. The summed E-state index contributed by atoms with van der Waals surface area (Å²) < 4.78 is 23.6. The number of halogens is 2. The van der Waals surface area contributed by atoms with E-state index in [2.05, 4.69) is 0 Å². The molecule has 0 aromatic heterocycles. The van der Waals surface area contributed by atoms with Gasteiger partial charge in [0.15, 0.2) is 11.5 Å². The van der Waals surface area contributed by atoms with Gasteiger partial charge in [-0.2, -0.15) is 0 Å². The molecule has 0 heterocycles. The SMILES string of the molecule is COc1ccc([N+](=O)[O-])cc1OC(=O)c1ccc(F)cc1I. The first kappa shape index (κ1) is 16.1. The summed E-state index contributed by atoms with van der Waals surface area (Å²) in [4.78, 5) is 22.3. The van der Waals surface area contributed by atoms with Gasteiger partial charge in [0.1, 0.15) is 5.82 Å². The Bertz CT molecular complexity index is 750. The van der Waals surface area contributed by atoms with Crippen LogP contribution in [0.3, 0.4) is 0 Å². The van der Waals surface area contributed by atoms with Gasteiger partial charge in [-0.1, -0.05) is 0 Å². The van der Waals surface area contributed by atoms with E-state index < -0.39 is 16.7 Å². The number of non-ortho nitro benzene ring substituents is 1. The largest absolute Gasteiger partial charge is 0.493 e. The van der Waals surface area contributed by atoms with Crippen LogP contribution in [0, 0.1) is 19.5 Å². The summed E-state index contributed by atoms with van der Waals surface area (Å²) in [5.74, 6) is -1.14. The highest BCUT2D eigenvalue weighted by molar-refractivity contribution is 14.1. The monoisotopic (exact) mass is 417 g/mol. The molecule has 0 saturated heterocycles. The van der Waals surface area contributed by atoms with Crippen molar-refractivity contribution in [2.75, 3.05) is 7.11 Å². The van der Waals surface area contributed by atoms with Gasteiger partial charge in [-0.3, -0.25) is 10.1 Å². The fraction of sp³-hybridized carbons (Fsp3) is 0.0714. The number of rotatable bonds is 4. The van der Waals surface area contributed by atoms with Gasteiger partial charge in [0, 0.05) is 9.64 Å². The normalized spacial score (nSPS) is 10.1. The number of benzene rings is 2. The maximum atomic E-state index is 13.0. The van der Waals surface area contributed by atoms with Crippen molar-refractivity contribution in [2.24, 2.45) is 0 Å². The molecule has 0 aliphatic heterocycles. The summed E-state index contributed by atoms with van der Waals surface area (Å²) in [5, 5.41) is 10.8. The van der Waals surface area contributed by atoms with Crippen LogP contribution >= 0.6 is 22.6 Å². The number of nitro benzene ring substituents is 1. The molecule has 2 aromatic carbocycles. The van der Waals surface area contributed by atoms with Crippen LogP contribution in [0.5, 0.6) is 11.5 Å². The molecule has 6 nitrogen and oxygen atoms in total. The minimum absolute atomic E-state index is 0.0816. The first-order valence-corrected chi connectivity index (χ1v) is 7.00. The molecular weight excluding hydrogens is 408 g/mol. The smallest absolute Gasteiger partial charge is 0.344 e. The van der Waals surface area contributed by atoms with Crippen LogP contribution in [0.15, 0.2) is 36.4 Å². The molecule has 2 rings (SSSR count). The van der Waals surface area contributed by atoms with E-state index in [1.165, 1.54) is 31.4 Å². The second-order valence-corrected chi connectivity index (χ2v) is 5.27. The number of esters is 1. The number of nitrogens with zero attached hydrogens (tertiary/aromatic N) is 1. The molecule has 0 aliphatic carbocycles. The van der Waals surface area contributed by atoms with Crippen molar-refractivity contribution < 1.29 is 23.6 Å². The van der Waals surface area contributed by atoms with E-state index in [9.17, 15) is 19.3 Å². The Morgan fingerprint density at radius 1 is 1.23 bits per heavy atom. The summed E-state index contributed by atoms with van der Waals surface area (Å²) in [7, 11) is 1.35. The molecule has 0 unspecified atom stereocenters. The topological polar surface area (TPSA) is 78.7 Å². The van der Waals surface area contributed by atoms with Gasteiger partial charge >= 0.3 is 5.97 Å². The van der Waals surface area contributed by atoms with E-state index in [0.717, 1.165) is 12.1 Å². The van der Waals surface area contributed by atoms with Crippen molar-refractivity contribution >= 4 is 34.2 Å². The van der Waals surface area contributed by atoms with E-state index in [1.807, 2.05) is 0 Å². The lowest BCUT2D eigenvalue weighted by Gasteiger charge is -2.09. The molecular formula is C14H9FINO5. The minimum atomic E-state index is -0.761. The molecule has 0 spiro atoms. The Labute approximate surface area is 138 Å². The average molecular weight is 417 g/mol. The number of hydrogen-bond donors (Lipinski definition) is 0. The number of ether oxygens (including phenoxy) is 2. The highest BCUT2D eigenvalue weighted by Gasteiger charge is 2.18. The number of carbonyl (C=O) groups is 1. The van der Waals surface area contributed by atoms with E-state index in [4.69, 9.17) is 9.47 Å². The van der Waals surface area contributed by atoms with Crippen LogP contribution in [-0.4, -0.2) is 18.0 Å². The molecule has 8 heteroatoms. The predicted octanol–water partition coefficient (Wildman–Crippen LogP) is 3.57. The molecule has 0 atom stereocenters. The number of hydrogen-bond acceptors (Lipinski definition) is 5. The first-order chi connectivity index (χ1) is 10.4. The summed E-state index contributed by atoms with van der Waals surface area (Å²) in [6.07, 6.45) is 0. The Kier molecular flexibility index (Phi) is 4.91. The molecule has 0 saturated carbocycles. The van der Waals surface area contributed by atoms with Crippen molar-refractivity contribution in [1.82, 2.24) is 0 Å². The molecule has 2 aromatic rings. The minimum Gasteiger partial charge on any atom is -0.493 e. The lowest BCUT2D eigenvalue weighted by atomic mass is 10.2. The molecule has 0 radical (unpaired) electrons. The molecule has 0 N–H and O–H groups in total. The lowest BCUT2D eigenvalue weighted by molar-refractivity contribution is -0.384. The van der Waals surface area contributed by atoms with E-state index >= 15 is 0 Å². The quantitative estimate of drug-likeness (QED) is 0.250. The average Bonchev–Trinajstić information content (AvgIpc) is 2.46. The van der Waals surface area contributed by atoms with Crippen LogP contribution in [0.4, 0.5) is 10.1 Å². The molecule has 0 aliphatic rings. The second kappa shape index (κ2) is 6.69. The second-order valence-electron chi connectivity index (χ2n) is 4.11. The van der Waals surface area contributed by atoms with Crippen molar-refractivity contribution in [1.29, 1.82) is 0 Å². The third kappa shape index (κ3) is 3.50. The third-order valence-electron chi connectivity index (χ3n) is 2.71. The third-order valence-corrected chi connectivity index (χ3v) is 3.60. The van der Waals surface area contributed by atoms with E-state index in [1.54, 1.807) is 22.6 Å². The van der Waals surface area contributed by atoms with Gasteiger partial charge in [0.25, 0.3) is 5.69 Å². The Morgan fingerprint density at radius 2 is 1.95 bits per heavy atom. The van der Waals surface area contributed by atoms with Crippen LogP contribution < -0.4 is 9.47 Å². The number of carbonyl (C=O) groups excluding carboxylic acids is 1. The Morgan fingerprint density at radius 3 is 2.55 bits per heavy atom.